The van der Waals surface area contributed by atoms with Crippen molar-refractivity contribution in [2.45, 2.75) is 18.2 Å². The van der Waals surface area contributed by atoms with Gasteiger partial charge in [-0.2, -0.15) is 0 Å². The van der Waals surface area contributed by atoms with E-state index >= 15 is 0 Å². The highest BCUT2D eigenvalue weighted by Gasteiger charge is 2.12. The lowest BCUT2D eigenvalue weighted by atomic mass is 10.1. The van der Waals surface area contributed by atoms with Crippen molar-refractivity contribution in [1.82, 2.24) is 0 Å². The highest BCUT2D eigenvalue weighted by molar-refractivity contribution is 7.99. The molecule has 0 aliphatic heterocycles. The number of hydrogen-bond donors (Lipinski definition) is 1. The van der Waals surface area contributed by atoms with Gasteiger partial charge >= 0.3 is 0 Å². The fourth-order valence-corrected chi connectivity index (χ4v) is 2.91. The van der Waals surface area contributed by atoms with Gasteiger partial charge in [0.2, 0.25) is 0 Å². The van der Waals surface area contributed by atoms with Crippen LogP contribution in [0.25, 0.3) is 0 Å². The molecule has 4 heteroatoms. The number of carbonyl (C=O) groups is 1. The van der Waals surface area contributed by atoms with E-state index in [0.29, 0.717) is 12.2 Å². The lowest BCUT2D eigenvalue weighted by Gasteiger charge is -2.10. The van der Waals surface area contributed by atoms with Gasteiger partial charge in [0.15, 0.2) is 5.78 Å². The third-order valence-electron chi connectivity index (χ3n) is 3.01. The van der Waals surface area contributed by atoms with E-state index < -0.39 is 5.82 Å². The Hall–Kier alpha value is -1.81. The smallest absolute Gasteiger partial charge is 0.164 e. The number of thioether (sulfide) groups is 1. The molecule has 0 spiro atoms. The predicted octanol–water partition coefficient (Wildman–Crippen LogP) is 4.62. The number of benzene rings is 2. The quantitative estimate of drug-likeness (QED) is 0.459. The van der Waals surface area contributed by atoms with E-state index in [4.69, 9.17) is 0 Å². The molecule has 0 heterocycles. The number of anilines is 1. The van der Waals surface area contributed by atoms with Gasteiger partial charge in [-0.1, -0.05) is 24.3 Å². The molecule has 110 valence electrons. The summed E-state index contributed by atoms with van der Waals surface area (Å²) < 4.78 is 13.6. The molecule has 21 heavy (non-hydrogen) atoms. The van der Waals surface area contributed by atoms with Crippen LogP contribution in [0.1, 0.15) is 23.7 Å². The van der Waals surface area contributed by atoms with Crippen molar-refractivity contribution in [3.05, 3.63) is 59.9 Å². The first-order chi connectivity index (χ1) is 10.2. The summed E-state index contributed by atoms with van der Waals surface area (Å²) in [6.45, 7) is 2.10. The Labute approximate surface area is 128 Å². The van der Waals surface area contributed by atoms with Crippen LogP contribution in [0.4, 0.5) is 10.1 Å². The van der Waals surface area contributed by atoms with Crippen LogP contribution in [0.3, 0.4) is 0 Å². The van der Waals surface area contributed by atoms with E-state index in [2.05, 4.69) is 17.4 Å². The van der Waals surface area contributed by atoms with Crippen molar-refractivity contribution in [1.29, 1.82) is 0 Å². The van der Waals surface area contributed by atoms with Crippen LogP contribution in [-0.2, 0) is 0 Å². The molecule has 0 aromatic heterocycles. The van der Waals surface area contributed by atoms with E-state index in [9.17, 15) is 9.18 Å². The van der Waals surface area contributed by atoms with Gasteiger partial charge in [0.1, 0.15) is 5.82 Å². The van der Waals surface area contributed by atoms with E-state index in [0.717, 1.165) is 12.2 Å². The Morgan fingerprint density at radius 3 is 2.62 bits per heavy atom. The fraction of sp³-hybridized carbons (Fsp3) is 0.235. The Kier molecular flexibility index (Phi) is 5.81. The molecule has 0 saturated heterocycles. The molecule has 2 rings (SSSR count). The average molecular weight is 303 g/mol. The Morgan fingerprint density at radius 1 is 1.14 bits per heavy atom. The molecule has 2 nitrogen and oxygen atoms in total. The molecule has 0 radical (unpaired) electrons. The molecule has 2 aromatic rings. The summed E-state index contributed by atoms with van der Waals surface area (Å²) in [7, 11) is 0. The molecule has 0 fully saturated rings. The van der Waals surface area contributed by atoms with Crippen LogP contribution in [0.15, 0.2) is 53.4 Å². The van der Waals surface area contributed by atoms with Gasteiger partial charge in [0.05, 0.1) is 5.56 Å². The Bertz CT molecular complexity index is 601. The van der Waals surface area contributed by atoms with Gasteiger partial charge in [-0.15, -0.1) is 11.8 Å². The molecule has 0 unspecified atom stereocenters. The van der Waals surface area contributed by atoms with Crippen molar-refractivity contribution in [2.24, 2.45) is 0 Å². The monoisotopic (exact) mass is 303 g/mol. The number of Topliss-reactive ketones (excluding diaryl/α,β-unsaturated/α-hetero) is 1. The molecule has 0 aliphatic carbocycles. The predicted molar refractivity (Wildman–Crippen MR) is 86.7 cm³/mol. The van der Waals surface area contributed by atoms with Crippen LogP contribution >= 0.6 is 11.8 Å². The van der Waals surface area contributed by atoms with Gasteiger partial charge in [-0.3, -0.25) is 4.79 Å². The van der Waals surface area contributed by atoms with Crippen LogP contribution in [-0.4, -0.2) is 18.1 Å². The number of nitrogens with one attached hydrogen (secondary N) is 1. The highest BCUT2D eigenvalue weighted by Crippen LogP contribution is 2.21. The zero-order valence-corrected chi connectivity index (χ0v) is 12.8. The molecule has 2 aromatic carbocycles. The second-order valence-corrected chi connectivity index (χ2v) is 5.83. The standard InChI is InChI=1S/C17H18FNOS/c1-13(20)17-15(18)9-5-10-16(17)19-11-6-12-21-14-7-3-2-4-8-14/h2-5,7-10,19H,6,11-12H2,1H3. The van der Waals surface area contributed by atoms with E-state index in [1.807, 2.05) is 18.2 Å². The van der Waals surface area contributed by atoms with Gasteiger partial charge in [0.25, 0.3) is 0 Å². The van der Waals surface area contributed by atoms with Crippen molar-refractivity contribution in [3.63, 3.8) is 0 Å². The molecule has 1 N–H and O–H groups in total. The van der Waals surface area contributed by atoms with Crippen LogP contribution in [0, 0.1) is 5.82 Å². The number of hydrogen-bond acceptors (Lipinski definition) is 3. The first kappa shape index (κ1) is 15.6. The van der Waals surface area contributed by atoms with E-state index in [1.54, 1.807) is 23.9 Å². The molecule has 0 atom stereocenters. The average Bonchev–Trinajstić information content (AvgIpc) is 2.47. The van der Waals surface area contributed by atoms with Crippen molar-refractivity contribution < 1.29 is 9.18 Å². The summed E-state index contributed by atoms with van der Waals surface area (Å²) in [6, 6.07) is 14.9. The van der Waals surface area contributed by atoms with Crippen molar-refractivity contribution >= 4 is 23.2 Å². The highest BCUT2D eigenvalue weighted by atomic mass is 32.2. The topological polar surface area (TPSA) is 29.1 Å². The zero-order chi connectivity index (χ0) is 15.1. The van der Waals surface area contributed by atoms with E-state index in [-0.39, 0.29) is 11.3 Å². The number of rotatable bonds is 7. The number of halogens is 1. The summed E-state index contributed by atoms with van der Waals surface area (Å²) >= 11 is 1.79. The lowest BCUT2D eigenvalue weighted by Crippen LogP contribution is -2.08. The van der Waals surface area contributed by atoms with Crippen molar-refractivity contribution in [3.8, 4) is 0 Å². The maximum Gasteiger partial charge on any atom is 0.164 e. The third-order valence-corrected chi connectivity index (χ3v) is 4.11. The molecule has 0 saturated carbocycles. The van der Waals surface area contributed by atoms with Gasteiger partial charge in [0, 0.05) is 17.1 Å². The minimum atomic E-state index is -0.467. The van der Waals surface area contributed by atoms with Crippen LogP contribution in [0.5, 0.6) is 0 Å². The largest absolute Gasteiger partial charge is 0.384 e. The summed E-state index contributed by atoms with van der Waals surface area (Å²) in [5, 5.41) is 3.15. The number of carbonyl (C=O) groups excluding carboxylic acids is 1. The maximum absolute atomic E-state index is 13.6. The summed E-state index contributed by atoms with van der Waals surface area (Å²) in [4.78, 5) is 12.7. The first-order valence-corrected chi connectivity index (χ1v) is 7.88. The van der Waals surface area contributed by atoms with E-state index in [1.165, 1.54) is 17.9 Å². The van der Waals surface area contributed by atoms with Crippen LogP contribution < -0.4 is 5.32 Å². The SMILES string of the molecule is CC(=O)c1c(F)cccc1NCCCSc1ccccc1. The Balaban J connectivity index is 1.81. The molecule has 0 bridgehead atoms. The van der Waals surface area contributed by atoms with Gasteiger partial charge in [-0.25, -0.2) is 4.39 Å². The summed E-state index contributed by atoms with van der Waals surface area (Å²) in [5.74, 6) is 0.252. The van der Waals surface area contributed by atoms with Gasteiger partial charge < -0.3 is 5.32 Å². The van der Waals surface area contributed by atoms with Crippen LogP contribution in [0.2, 0.25) is 0 Å². The van der Waals surface area contributed by atoms with Gasteiger partial charge in [-0.05, 0) is 43.4 Å². The second-order valence-electron chi connectivity index (χ2n) is 4.66. The molecular weight excluding hydrogens is 285 g/mol. The third kappa shape index (κ3) is 4.60. The fourth-order valence-electron chi connectivity index (χ4n) is 2.03. The minimum absolute atomic E-state index is 0.146. The molecular formula is C17H18FNOS. The molecule has 0 aliphatic rings. The normalized spacial score (nSPS) is 10.4. The summed E-state index contributed by atoms with van der Waals surface area (Å²) in [6.07, 6.45) is 0.938. The lowest BCUT2D eigenvalue weighted by molar-refractivity contribution is 0.101. The molecule has 0 amide bonds. The maximum atomic E-state index is 13.6. The zero-order valence-electron chi connectivity index (χ0n) is 11.9. The second kappa shape index (κ2) is 7.84. The first-order valence-electron chi connectivity index (χ1n) is 6.89. The van der Waals surface area contributed by atoms with Crippen molar-refractivity contribution in [2.75, 3.05) is 17.6 Å². The Morgan fingerprint density at radius 2 is 1.90 bits per heavy atom. The summed E-state index contributed by atoms with van der Waals surface area (Å²) in [5.41, 5.74) is 0.723. The minimum Gasteiger partial charge on any atom is -0.384 e. The number of ketones is 1.